The van der Waals surface area contributed by atoms with Crippen molar-refractivity contribution in [1.29, 1.82) is 0 Å². The number of rotatable bonds is 30. The van der Waals surface area contributed by atoms with E-state index in [9.17, 15) is 142 Å². The van der Waals surface area contributed by atoms with Gasteiger partial charge in [-0.2, -0.15) is 0 Å². The molecule has 9 rings (SSSR count). The Balaban J connectivity index is 1.06. The molecule has 0 aromatic carbocycles. The molecule has 0 bridgehead atoms. The minimum absolute atomic E-state index is 0.405. The van der Waals surface area contributed by atoms with Gasteiger partial charge in [0.05, 0.1) is 71.6 Å². The molecule has 0 aliphatic carbocycles. The molecule has 9 aliphatic rings. The van der Waals surface area contributed by atoms with Crippen LogP contribution in [-0.4, -0.2) is 482 Å². The van der Waals surface area contributed by atoms with Crippen LogP contribution in [-0.2, 0) is 99.7 Å². The molecular weight excluding hydrogens is 1560 g/mol. The van der Waals surface area contributed by atoms with Gasteiger partial charge in [-0.05, 0) is 5.92 Å². The number of aliphatic hydroxyl groups is 24. The lowest BCUT2D eigenvalue weighted by Gasteiger charge is -2.51. The van der Waals surface area contributed by atoms with Crippen molar-refractivity contribution in [2.24, 2.45) is 5.92 Å². The van der Waals surface area contributed by atoms with Crippen molar-refractivity contribution in [3.05, 3.63) is 0 Å². The van der Waals surface area contributed by atoms with Gasteiger partial charge in [-0.15, -0.1) is 0 Å². The molecule has 9 aliphatic heterocycles. The largest absolute Gasteiger partial charge is 0.394 e. The lowest BCUT2D eigenvalue weighted by atomic mass is 9.87. The van der Waals surface area contributed by atoms with Crippen molar-refractivity contribution in [3.8, 4) is 0 Å². The summed E-state index contributed by atoms with van der Waals surface area (Å²) in [6, 6.07) is -6.92. The number of hydrogen-bond acceptors (Lipinski definition) is 45. The van der Waals surface area contributed by atoms with Crippen LogP contribution in [0.5, 0.6) is 0 Å². The fourth-order valence-electron chi connectivity index (χ4n) is 15.1. The van der Waals surface area contributed by atoms with Gasteiger partial charge >= 0.3 is 0 Å². The number of aliphatic hydroxyl groups excluding tert-OH is 24. The first-order valence-corrected chi connectivity index (χ1v) is 36.9. The highest BCUT2D eigenvalue weighted by atomic mass is 16.8. The Hall–Kier alpha value is -3.76. The Bertz CT molecular complexity index is 3020. The van der Waals surface area contributed by atoms with Gasteiger partial charge in [0, 0.05) is 27.7 Å². The smallest absolute Gasteiger partial charge is 0.217 e. The summed E-state index contributed by atoms with van der Waals surface area (Å²) < 4.78 is 102. The van der Waals surface area contributed by atoms with Crippen LogP contribution in [0.25, 0.3) is 0 Å². The van der Waals surface area contributed by atoms with Crippen LogP contribution in [0.2, 0.25) is 0 Å². The van der Waals surface area contributed by atoms with Crippen molar-refractivity contribution >= 4 is 23.6 Å². The Morgan fingerprint density at radius 2 is 0.509 bits per heavy atom. The standard InChI is InChI=1S/C65H110N4O45/c1-16(2)50-30(66-17(3)78)39(87)51(25(11-74)99-50)108-58-31(67-18(4)79)40(88)54(28(14-77)104-58)111-63-49(97)55(112-65-57(46(94)37(85)24(10-73)103-65)114-60-33(69-20(6)81)42(90)53(27(13-76)106-60)110-62-48(96)44(92)35(83)22(8-71)101-62)38(86)29(107-63)15-98-64-56(45(93)36(84)23(9-72)102-64)113-59-32(68-19(5)80)41(89)52(26(12-75)105-59)109-61-47(95)43(91)34(82)21(7-70)100-61/h16,21-65,70-77,82-97H,7-15H2,1-6H3,(H,66,78)(H,67,79)(H,68,80)(H,69,81). The van der Waals surface area contributed by atoms with Gasteiger partial charge in [-0.1, -0.05) is 13.8 Å². The van der Waals surface area contributed by atoms with E-state index in [0.29, 0.717) is 0 Å². The highest BCUT2D eigenvalue weighted by Gasteiger charge is 2.61. The van der Waals surface area contributed by atoms with E-state index in [1.54, 1.807) is 13.8 Å². The predicted molar refractivity (Wildman–Crippen MR) is 356 cm³/mol. The lowest BCUT2D eigenvalue weighted by molar-refractivity contribution is -0.398. The van der Waals surface area contributed by atoms with Gasteiger partial charge in [-0.3, -0.25) is 19.2 Å². The van der Waals surface area contributed by atoms with Gasteiger partial charge < -0.3 is 224 Å². The van der Waals surface area contributed by atoms with Gasteiger partial charge in [0.25, 0.3) is 0 Å². The molecule has 4 amide bonds. The Morgan fingerprint density at radius 1 is 0.254 bits per heavy atom. The van der Waals surface area contributed by atoms with Crippen LogP contribution in [0.15, 0.2) is 0 Å². The Labute approximate surface area is 648 Å². The molecule has 9 saturated heterocycles. The Morgan fingerprint density at radius 3 is 0.851 bits per heavy atom. The zero-order valence-electron chi connectivity index (χ0n) is 62.2. The molecule has 49 nitrogen and oxygen atoms in total. The van der Waals surface area contributed by atoms with Gasteiger partial charge in [-0.25, -0.2) is 0 Å². The summed E-state index contributed by atoms with van der Waals surface area (Å²) in [5, 5.41) is 278. The SMILES string of the molecule is CC(=O)NC1C(OC2C(OCC3OC(OC4C(CO)OC(OC5C(CO)OC(C(C)C)C(NC(C)=O)C5O)C(NC(C)=O)C4O)C(O)C(OC4OC(CO)C(O)C(O)C4OC4OC(CO)C(OC5OC(CO)C(O)C(O)C5O)C(O)C4NC(C)=O)C3O)OC(CO)C(O)C2O)OC(CO)C(OC2OC(CO)C(O)C(O)C2O)C1O. The van der Waals surface area contributed by atoms with E-state index in [-0.39, 0.29) is 0 Å². The molecule has 0 aromatic rings. The maximum absolute atomic E-state index is 13.1. The maximum atomic E-state index is 13.1. The molecule has 0 spiro atoms. The normalized spacial score (nSPS) is 48.3. The summed E-state index contributed by atoms with van der Waals surface area (Å²) in [5.41, 5.74) is 0. The minimum atomic E-state index is -2.55. The molecule has 0 radical (unpaired) electrons. The highest BCUT2D eigenvalue weighted by molar-refractivity contribution is 5.74. The molecular formula is C65H110N4O45. The van der Waals surface area contributed by atoms with Gasteiger partial charge in [0.15, 0.2) is 50.3 Å². The topological polar surface area (TPSA) is 759 Å². The molecule has 9 fully saturated rings. The zero-order chi connectivity index (χ0) is 84.1. The van der Waals surface area contributed by atoms with Gasteiger partial charge in [0.1, 0.15) is 213 Å². The second kappa shape index (κ2) is 41.2. The summed E-state index contributed by atoms with van der Waals surface area (Å²) in [6.07, 6.45) is -83.0. The van der Waals surface area contributed by atoms with Crippen molar-refractivity contribution in [3.63, 3.8) is 0 Å². The van der Waals surface area contributed by atoms with E-state index >= 15 is 0 Å². The van der Waals surface area contributed by atoms with Crippen LogP contribution in [0, 0.1) is 5.92 Å². The number of carbonyl (C=O) groups is 4. The van der Waals surface area contributed by atoms with Crippen LogP contribution in [0.1, 0.15) is 41.5 Å². The average Bonchev–Trinajstić information content (AvgIpc) is 0.775. The molecule has 45 atom stereocenters. The first kappa shape index (κ1) is 94.1. The number of nitrogens with one attached hydrogen (secondary N) is 4. The summed E-state index contributed by atoms with van der Waals surface area (Å²) in [6.45, 7) is -2.17. The van der Waals surface area contributed by atoms with Crippen LogP contribution in [0.3, 0.4) is 0 Å². The second-order valence-corrected chi connectivity index (χ2v) is 29.5. The van der Waals surface area contributed by atoms with E-state index in [1.807, 2.05) is 0 Å². The number of ether oxygens (including phenoxy) is 17. The van der Waals surface area contributed by atoms with Crippen molar-refractivity contribution in [2.75, 3.05) is 59.5 Å². The zero-order valence-corrected chi connectivity index (χ0v) is 62.2. The maximum Gasteiger partial charge on any atom is 0.217 e. The molecule has 9 heterocycles. The van der Waals surface area contributed by atoms with Crippen molar-refractivity contribution in [2.45, 2.75) is 317 Å². The van der Waals surface area contributed by atoms with Gasteiger partial charge in [0.2, 0.25) is 23.6 Å². The molecule has 45 unspecified atom stereocenters. The number of carbonyl (C=O) groups excluding carboxylic acids is 4. The predicted octanol–water partition coefficient (Wildman–Crippen LogP) is -18.3. The molecule has 660 valence electrons. The Kier molecular flexibility index (Phi) is 34.0. The highest BCUT2D eigenvalue weighted by Crippen LogP contribution is 2.40. The summed E-state index contributed by atoms with van der Waals surface area (Å²) >= 11 is 0. The number of hydrogen-bond donors (Lipinski definition) is 28. The minimum Gasteiger partial charge on any atom is -0.394 e. The molecule has 0 aromatic heterocycles. The van der Waals surface area contributed by atoms with Crippen LogP contribution >= 0.6 is 0 Å². The number of amides is 4. The van der Waals surface area contributed by atoms with Crippen molar-refractivity contribution in [1.82, 2.24) is 21.3 Å². The third-order valence-electron chi connectivity index (χ3n) is 21.1. The average molecular weight is 1670 g/mol. The molecule has 114 heavy (non-hydrogen) atoms. The summed E-state index contributed by atoms with van der Waals surface area (Å²) in [7, 11) is 0. The van der Waals surface area contributed by atoms with Crippen molar-refractivity contribution < 1.29 is 222 Å². The van der Waals surface area contributed by atoms with E-state index in [0.717, 1.165) is 27.7 Å². The summed E-state index contributed by atoms with van der Waals surface area (Å²) in [5.74, 6) is -3.80. The first-order valence-electron chi connectivity index (χ1n) is 36.9. The monoisotopic (exact) mass is 1670 g/mol. The lowest BCUT2D eigenvalue weighted by Crippen LogP contribution is -2.71. The van der Waals surface area contributed by atoms with Crippen LogP contribution < -0.4 is 21.3 Å². The fourth-order valence-corrected chi connectivity index (χ4v) is 15.1. The van der Waals surface area contributed by atoms with Crippen LogP contribution in [0.4, 0.5) is 0 Å². The van der Waals surface area contributed by atoms with E-state index in [2.05, 4.69) is 21.3 Å². The first-order chi connectivity index (χ1) is 53.9. The third kappa shape index (κ3) is 20.7. The molecule has 49 heteroatoms. The third-order valence-corrected chi connectivity index (χ3v) is 21.1. The molecule has 28 N–H and O–H groups in total. The quantitative estimate of drug-likeness (QED) is 0.0318. The second-order valence-electron chi connectivity index (χ2n) is 29.5. The molecule has 0 saturated carbocycles. The fraction of sp³-hybridized carbons (Fsp3) is 0.938. The summed E-state index contributed by atoms with van der Waals surface area (Å²) in [4.78, 5) is 51.4. The van der Waals surface area contributed by atoms with E-state index in [4.69, 9.17) is 80.5 Å². The van der Waals surface area contributed by atoms with E-state index in [1.165, 1.54) is 0 Å². The van der Waals surface area contributed by atoms with E-state index < -0.39 is 365 Å².